The van der Waals surface area contributed by atoms with E-state index < -0.39 is 54.0 Å². The monoisotopic (exact) mass is 450 g/mol. The van der Waals surface area contributed by atoms with Gasteiger partial charge in [-0.2, -0.15) is 24.4 Å². The molecule has 0 spiro atoms. The molecule has 1 fully saturated rings. The molecule has 5 atom stereocenters. The highest BCUT2D eigenvalue weighted by molar-refractivity contribution is 7.98. The molecule has 1 saturated heterocycles. The number of nitrogens with zero attached hydrogens (tertiary/aromatic N) is 1. The average Bonchev–Trinajstić information content (AvgIpc) is 3.17. The summed E-state index contributed by atoms with van der Waals surface area (Å²) in [6.07, 6.45) is 2.09. The van der Waals surface area contributed by atoms with Crippen molar-refractivity contribution >= 4 is 48.1 Å². The largest absolute Gasteiger partial charge is 0.480 e. The van der Waals surface area contributed by atoms with Crippen LogP contribution < -0.4 is 16.4 Å². The van der Waals surface area contributed by atoms with Crippen molar-refractivity contribution in [1.29, 1.82) is 0 Å². The van der Waals surface area contributed by atoms with Crippen LogP contribution in [-0.2, 0) is 19.2 Å². The van der Waals surface area contributed by atoms with E-state index >= 15 is 0 Å². The summed E-state index contributed by atoms with van der Waals surface area (Å²) >= 11 is 5.42. The Kier molecular flexibility index (Phi) is 10.8. The van der Waals surface area contributed by atoms with Crippen molar-refractivity contribution in [3.8, 4) is 0 Å². The molecule has 1 rings (SSSR count). The molecule has 6 N–H and O–H groups in total. The third-order valence-corrected chi connectivity index (χ3v) is 5.69. The van der Waals surface area contributed by atoms with Crippen molar-refractivity contribution in [2.75, 3.05) is 24.3 Å². The second-order valence-electron chi connectivity index (χ2n) is 6.88. The fourth-order valence-corrected chi connectivity index (χ4v) is 3.66. The van der Waals surface area contributed by atoms with E-state index in [1.807, 2.05) is 6.26 Å². The van der Waals surface area contributed by atoms with E-state index in [0.717, 1.165) is 0 Å². The van der Waals surface area contributed by atoms with Crippen LogP contribution in [0.4, 0.5) is 0 Å². The molecular formula is C17H30N4O6S2. The fraction of sp³-hybridized carbons (Fsp3) is 0.765. The number of thiol groups is 1. The maximum Gasteiger partial charge on any atom is 0.327 e. The van der Waals surface area contributed by atoms with Crippen molar-refractivity contribution in [3.63, 3.8) is 0 Å². The van der Waals surface area contributed by atoms with Gasteiger partial charge in [0.25, 0.3) is 0 Å². The lowest BCUT2D eigenvalue weighted by atomic mass is 10.1. The van der Waals surface area contributed by atoms with E-state index in [2.05, 4.69) is 23.3 Å². The maximum absolute atomic E-state index is 13.1. The zero-order valence-corrected chi connectivity index (χ0v) is 18.2. The van der Waals surface area contributed by atoms with Gasteiger partial charge < -0.3 is 31.5 Å². The highest BCUT2D eigenvalue weighted by Gasteiger charge is 2.39. The van der Waals surface area contributed by atoms with Gasteiger partial charge in [0.1, 0.15) is 24.2 Å². The molecule has 0 saturated carbocycles. The summed E-state index contributed by atoms with van der Waals surface area (Å²) in [7, 11) is 0. The van der Waals surface area contributed by atoms with Crippen LogP contribution in [0.3, 0.4) is 0 Å². The van der Waals surface area contributed by atoms with E-state index in [9.17, 15) is 24.3 Å². The van der Waals surface area contributed by atoms with Gasteiger partial charge in [-0.3, -0.25) is 14.4 Å². The van der Waals surface area contributed by atoms with Gasteiger partial charge in [-0.05, 0) is 38.2 Å². The van der Waals surface area contributed by atoms with Crippen LogP contribution >= 0.6 is 24.4 Å². The number of thioether (sulfide) groups is 1. The first-order valence-corrected chi connectivity index (χ1v) is 11.3. The number of hydrogen-bond acceptors (Lipinski definition) is 8. The summed E-state index contributed by atoms with van der Waals surface area (Å²) in [6, 6.07) is -4.04. The summed E-state index contributed by atoms with van der Waals surface area (Å²) in [5.74, 6) is -2.34. The highest BCUT2D eigenvalue weighted by atomic mass is 32.2. The van der Waals surface area contributed by atoms with Gasteiger partial charge in [0.2, 0.25) is 17.7 Å². The topological polar surface area (TPSA) is 162 Å². The Bertz CT molecular complexity index is 606. The zero-order valence-electron chi connectivity index (χ0n) is 16.5. The molecule has 0 aromatic rings. The Labute approximate surface area is 179 Å². The molecule has 0 aromatic heterocycles. The first kappa shape index (κ1) is 25.5. The molecule has 5 unspecified atom stereocenters. The number of carbonyl (C=O) groups is 4. The molecule has 29 heavy (non-hydrogen) atoms. The minimum Gasteiger partial charge on any atom is -0.480 e. The minimum atomic E-state index is -1.21. The molecule has 1 aliphatic heterocycles. The number of hydrogen-bond donors (Lipinski definition) is 6. The van der Waals surface area contributed by atoms with Crippen LogP contribution in [-0.4, -0.2) is 93.4 Å². The second kappa shape index (κ2) is 12.3. The predicted molar refractivity (Wildman–Crippen MR) is 113 cm³/mol. The predicted octanol–water partition coefficient (Wildman–Crippen LogP) is -1.58. The Morgan fingerprint density at radius 1 is 1.28 bits per heavy atom. The summed E-state index contributed by atoms with van der Waals surface area (Å²) < 4.78 is 0. The number of amides is 3. The van der Waals surface area contributed by atoms with Crippen LogP contribution in [0.2, 0.25) is 0 Å². The van der Waals surface area contributed by atoms with E-state index in [4.69, 9.17) is 10.8 Å². The second-order valence-corrected chi connectivity index (χ2v) is 8.23. The van der Waals surface area contributed by atoms with Crippen molar-refractivity contribution in [2.24, 2.45) is 5.73 Å². The van der Waals surface area contributed by atoms with Gasteiger partial charge >= 0.3 is 5.97 Å². The SMILES string of the molecule is CSCCC(NC(=O)C(N)C(C)O)C(=O)N1CCCC1C(=O)NC(CS)C(=O)O. The number of rotatable bonds is 11. The molecule has 0 aromatic carbocycles. The lowest BCUT2D eigenvalue weighted by molar-refractivity contribution is -0.144. The number of aliphatic carboxylic acids is 1. The third-order valence-electron chi connectivity index (χ3n) is 4.68. The average molecular weight is 451 g/mol. The Balaban J connectivity index is 2.91. The lowest BCUT2D eigenvalue weighted by Gasteiger charge is -2.30. The Morgan fingerprint density at radius 3 is 2.45 bits per heavy atom. The van der Waals surface area contributed by atoms with Crippen LogP contribution in [0.5, 0.6) is 0 Å². The molecule has 1 heterocycles. The number of nitrogens with two attached hydrogens (primary N) is 1. The molecule has 1 aliphatic rings. The van der Waals surface area contributed by atoms with E-state index in [0.29, 0.717) is 31.6 Å². The summed E-state index contributed by atoms with van der Waals surface area (Å²) in [5, 5.41) is 23.6. The Morgan fingerprint density at radius 2 is 1.93 bits per heavy atom. The molecule has 0 radical (unpaired) electrons. The van der Waals surface area contributed by atoms with Gasteiger partial charge in [-0.25, -0.2) is 4.79 Å². The maximum atomic E-state index is 13.1. The standard InChI is InChI=1S/C17H30N4O6S2/c1-9(22)13(18)15(24)19-10(5-7-29-2)16(25)21-6-3-4-12(21)14(23)20-11(8-28)17(26)27/h9-13,22,28H,3-8,18H2,1-2H3,(H,19,24)(H,20,23)(H,26,27). The van der Waals surface area contributed by atoms with E-state index in [1.54, 1.807) is 0 Å². The van der Waals surface area contributed by atoms with Gasteiger partial charge in [-0.1, -0.05) is 0 Å². The Hall–Kier alpha value is -1.50. The van der Waals surface area contributed by atoms with Crippen LogP contribution in [0.15, 0.2) is 0 Å². The highest BCUT2D eigenvalue weighted by Crippen LogP contribution is 2.20. The fourth-order valence-electron chi connectivity index (χ4n) is 2.94. The van der Waals surface area contributed by atoms with Crippen molar-refractivity contribution in [1.82, 2.24) is 15.5 Å². The number of aliphatic hydroxyl groups excluding tert-OH is 1. The van der Waals surface area contributed by atoms with E-state index in [1.165, 1.54) is 23.6 Å². The quantitative estimate of drug-likeness (QED) is 0.206. The van der Waals surface area contributed by atoms with Crippen LogP contribution in [0.25, 0.3) is 0 Å². The summed E-state index contributed by atoms with van der Waals surface area (Å²) in [6.45, 7) is 1.70. The van der Waals surface area contributed by atoms with Crippen molar-refractivity contribution in [2.45, 2.75) is 56.5 Å². The lowest BCUT2D eigenvalue weighted by Crippen LogP contribution is -2.58. The third kappa shape index (κ3) is 7.36. The molecule has 0 aliphatic carbocycles. The smallest absolute Gasteiger partial charge is 0.327 e. The molecule has 12 heteroatoms. The van der Waals surface area contributed by atoms with Gasteiger partial charge in [0.05, 0.1) is 6.10 Å². The van der Waals surface area contributed by atoms with Crippen molar-refractivity contribution < 1.29 is 29.4 Å². The molecule has 10 nitrogen and oxygen atoms in total. The molecule has 0 bridgehead atoms. The molecule has 166 valence electrons. The zero-order chi connectivity index (χ0) is 22.1. The minimum absolute atomic E-state index is 0.0780. The number of carboxylic acids is 1. The molecular weight excluding hydrogens is 420 g/mol. The number of carbonyl (C=O) groups excluding carboxylic acids is 3. The van der Waals surface area contributed by atoms with E-state index in [-0.39, 0.29) is 5.75 Å². The number of carboxylic acid groups (broad SMARTS) is 1. The van der Waals surface area contributed by atoms with Gasteiger partial charge in [-0.15, -0.1) is 0 Å². The first-order chi connectivity index (χ1) is 13.6. The van der Waals surface area contributed by atoms with Crippen molar-refractivity contribution in [3.05, 3.63) is 0 Å². The number of likely N-dealkylation sites (tertiary alicyclic amines) is 1. The summed E-state index contributed by atoms with van der Waals surface area (Å²) in [5.41, 5.74) is 5.65. The molecule has 3 amide bonds. The van der Waals surface area contributed by atoms with Gasteiger partial charge in [0, 0.05) is 12.3 Å². The first-order valence-electron chi connectivity index (χ1n) is 9.31. The van der Waals surface area contributed by atoms with Crippen LogP contribution in [0, 0.1) is 0 Å². The normalized spacial score (nSPS) is 20.4. The number of nitrogens with one attached hydrogen (secondary N) is 2. The number of aliphatic hydroxyl groups is 1. The van der Waals surface area contributed by atoms with Gasteiger partial charge in [0.15, 0.2) is 0 Å². The van der Waals surface area contributed by atoms with Crippen LogP contribution in [0.1, 0.15) is 26.2 Å². The summed E-state index contributed by atoms with van der Waals surface area (Å²) in [4.78, 5) is 50.3.